The van der Waals surface area contributed by atoms with Crippen molar-refractivity contribution >= 4 is 34.3 Å². The molecule has 0 saturated heterocycles. The molecule has 7 unspecified atom stereocenters. The molecule has 226 valence electrons. The number of rotatable bonds is 10. The van der Waals surface area contributed by atoms with E-state index in [4.69, 9.17) is 23.4 Å². The highest BCUT2D eigenvalue weighted by Crippen LogP contribution is 2.67. The van der Waals surface area contributed by atoms with Crippen molar-refractivity contribution < 1.29 is 23.4 Å². The molecule has 40 heavy (non-hydrogen) atoms. The van der Waals surface area contributed by atoms with Crippen LogP contribution in [0.15, 0.2) is 27.1 Å². The summed E-state index contributed by atoms with van der Waals surface area (Å²) in [6, 6.07) is 0. The zero-order valence-electron chi connectivity index (χ0n) is 26.6. The third kappa shape index (κ3) is 6.29. The molecule has 3 fully saturated rings. The van der Waals surface area contributed by atoms with E-state index in [-0.39, 0.29) is 22.9 Å². The van der Waals surface area contributed by atoms with Crippen LogP contribution in [-0.2, 0) is 23.4 Å². The third-order valence-corrected chi connectivity index (χ3v) is 11.9. The lowest BCUT2D eigenvalue weighted by atomic mass is 9.45. The number of fused-ring (bicyclic) bond motifs is 5. The highest BCUT2D eigenvalue weighted by molar-refractivity contribution is 6.70. The molecule has 0 heterocycles. The Balaban J connectivity index is 1.80. The highest BCUT2D eigenvalue weighted by Gasteiger charge is 2.65. The molecule has 0 aliphatic heterocycles. The van der Waals surface area contributed by atoms with E-state index < -0.39 is 16.6 Å². The molecular formula is C30H53N3O5Si2. The average molecular weight is 592 g/mol. The first kappa shape index (κ1) is 31.4. The van der Waals surface area contributed by atoms with Crippen LogP contribution in [0.1, 0.15) is 51.9 Å². The summed E-state index contributed by atoms with van der Waals surface area (Å²) < 4.78 is 13.6. The lowest BCUT2D eigenvalue weighted by Crippen LogP contribution is -2.60. The quantitative estimate of drug-likeness (QED) is 0.157. The van der Waals surface area contributed by atoms with Crippen LogP contribution in [0.5, 0.6) is 0 Å². The molecule has 4 rings (SSSR count). The molecular weight excluding hydrogens is 539 g/mol. The Morgan fingerprint density at radius 1 is 0.975 bits per heavy atom. The topological polar surface area (TPSA) is 83.2 Å². The summed E-state index contributed by atoms with van der Waals surface area (Å²) in [7, 11) is 1.32. The Morgan fingerprint density at radius 3 is 2.35 bits per heavy atom. The summed E-state index contributed by atoms with van der Waals surface area (Å²) in [5.74, 6) is 1.65. The summed E-state index contributed by atoms with van der Waals surface area (Å²) >= 11 is 0. The molecule has 0 spiro atoms. The van der Waals surface area contributed by atoms with Gasteiger partial charge in [-0.15, -0.1) is 0 Å². The van der Waals surface area contributed by atoms with Gasteiger partial charge in [0.25, 0.3) is 0 Å². The van der Waals surface area contributed by atoms with Gasteiger partial charge >= 0.3 is 0 Å². The predicted octanol–water partition coefficient (Wildman–Crippen LogP) is 6.86. The summed E-state index contributed by atoms with van der Waals surface area (Å²) in [5, 5.41) is 13.4. The largest absolute Gasteiger partial charge is 0.414 e. The van der Waals surface area contributed by atoms with Crippen molar-refractivity contribution in [1.82, 2.24) is 0 Å². The van der Waals surface area contributed by atoms with Gasteiger partial charge in [0, 0.05) is 17.4 Å². The highest BCUT2D eigenvalue weighted by atomic mass is 28.4. The first-order chi connectivity index (χ1) is 18.8. The van der Waals surface area contributed by atoms with Gasteiger partial charge in [-0.2, -0.15) is 0 Å². The van der Waals surface area contributed by atoms with Crippen molar-refractivity contribution in [2.24, 2.45) is 50.0 Å². The van der Waals surface area contributed by atoms with Crippen LogP contribution in [0.25, 0.3) is 0 Å². The molecule has 0 aromatic carbocycles. The normalized spacial score (nSPS) is 37.5. The Hall–Kier alpha value is -1.50. The van der Waals surface area contributed by atoms with Gasteiger partial charge in [-0.25, -0.2) is 0 Å². The number of allylic oxidation sites excluding steroid dienone is 2. The van der Waals surface area contributed by atoms with E-state index in [1.165, 1.54) is 5.57 Å². The maximum atomic E-state index is 7.21. The molecule has 8 nitrogen and oxygen atoms in total. The fourth-order valence-electron chi connectivity index (χ4n) is 8.58. The summed E-state index contributed by atoms with van der Waals surface area (Å²) in [4.78, 5) is 16.0. The standard InChI is InChI=1S/C30H53N3O5Si2/c1-29-16-15-22(32-35-3)17-21(29)11-12-23-24-13-14-25(26(33-36-4)19-37-39(5,6)7)30(24,20-31-34-2)18-27(28(23)29)38-40(8,9)10/h17,20,23-25,27-28H,11-16,18-19H2,1-10H3. The van der Waals surface area contributed by atoms with Crippen LogP contribution in [0.4, 0.5) is 0 Å². The van der Waals surface area contributed by atoms with Crippen molar-refractivity contribution in [3.05, 3.63) is 11.6 Å². The minimum absolute atomic E-state index is 0.0903. The molecule has 10 heteroatoms. The fourth-order valence-corrected chi connectivity index (χ4v) is 10.3. The van der Waals surface area contributed by atoms with Gasteiger partial charge in [-0.3, -0.25) is 0 Å². The summed E-state index contributed by atoms with van der Waals surface area (Å²) in [6.45, 7) is 16.6. The smallest absolute Gasteiger partial charge is 0.184 e. The maximum absolute atomic E-state index is 7.21. The molecule has 4 aliphatic rings. The van der Waals surface area contributed by atoms with E-state index in [0.29, 0.717) is 24.4 Å². The second-order valence-corrected chi connectivity index (χ2v) is 23.5. The molecule has 0 aromatic heterocycles. The third-order valence-electron chi connectivity index (χ3n) is 9.87. The van der Waals surface area contributed by atoms with E-state index in [0.717, 1.165) is 56.4 Å². The van der Waals surface area contributed by atoms with Crippen molar-refractivity contribution in [2.45, 2.75) is 97.3 Å². The van der Waals surface area contributed by atoms with Gasteiger partial charge in [0.1, 0.15) is 21.3 Å². The van der Waals surface area contributed by atoms with Crippen molar-refractivity contribution in [3.63, 3.8) is 0 Å². The Labute approximate surface area is 244 Å². The first-order valence-corrected chi connectivity index (χ1v) is 21.9. The average Bonchev–Trinajstić information content (AvgIpc) is 3.23. The van der Waals surface area contributed by atoms with Gasteiger partial charge in [0.15, 0.2) is 16.6 Å². The van der Waals surface area contributed by atoms with Gasteiger partial charge < -0.3 is 23.4 Å². The van der Waals surface area contributed by atoms with Gasteiger partial charge in [-0.1, -0.05) is 28.0 Å². The van der Waals surface area contributed by atoms with Gasteiger partial charge in [0.2, 0.25) is 0 Å². The summed E-state index contributed by atoms with van der Waals surface area (Å²) in [5.41, 5.74) is 3.47. The zero-order valence-corrected chi connectivity index (χ0v) is 28.6. The second kappa shape index (κ2) is 12.0. The Bertz CT molecular complexity index is 1030. The molecule has 0 radical (unpaired) electrons. The molecule has 7 atom stereocenters. The number of hydrogen-bond acceptors (Lipinski definition) is 8. The minimum atomic E-state index is -1.86. The van der Waals surface area contributed by atoms with Crippen LogP contribution in [-0.4, -0.2) is 68.3 Å². The lowest BCUT2D eigenvalue weighted by Gasteiger charge is -2.61. The Morgan fingerprint density at radius 2 is 1.73 bits per heavy atom. The van der Waals surface area contributed by atoms with E-state index in [1.54, 1.807) is 21.3 Å². The van der Waals surface area contributed by atoms with E-state index in [9.17, 15) is 0 Å². The lowest BCUT2D eigenvalue weighted by molar-refractivity contribution is -0.0982. The molecule has 0 N–H and O–H groups in total. The van der Waals surface area contributed by atoms with Crippen LogP contribution in [0, 0.1) is 34.5 Å². The minimum Gasteiger partial charge on any atom is -0.414 e. The monoisotopic (exact) mass is 591 g/mol. The van der Waals surface area contributed by atoms with Crippen LogP contribution in [0.3, 0.4) is 0 Å². The van der Waals surface area contributed by atoms with Gasteiger partial charge in [-0.05, 0) is 113 Å². The maximum Gasteiger partial charge on any atom is 0.184 e. The molecule has 0 amide bonds. The molecule has 0 bridgehead atoms. The molecule has 4 aliphatic carbocycles. The van der Waals surface area contributed by atoms with E-state index in [1.807, 2.05) is 0 Å². The van der Waals surface area contributed by atoms with Crippen molar-refractivity contribution in [1.29, 1.82) is 0 Å². The number of hydrogen-bond donors (Lipinski definition) is 0. The SMILES string of the molecule is CON=CC12CC(O[Si](C)(C)C)C3C(CCC4=CC(=NOC)CCC43C)C1CCC2C(CO[Si](C)(C)C)=NOC. The summed E-state index contributed by atoms with van der Waals surface area (Å²) in [6.07, 6.45) is 12.0. The van der Waals surface area contributed by atoms with Crippen molar-refractivity contribution in [2.75, 3.05) is 27.9 Å². The predicted molar refractivity (Wildman–Crippen MR) is 167 cm³/mol. The first-order valence-electron chi connectivity index (χ1n) is 15.1. The number of nitrogens with zero attached hydrogens (tertiary/aromatic N) is 3. The van der Waals surface area contributed by atoms with Crippen LogP contribution in [0.2, 0.25) is 39.3 Å². The van der Waals surface area contributed by atoms with Crippen LogP contribution >= 0.6 is 0 Å². The number of oxime groups is 3. The fraction of sp³-hybridized carbons (Fsp3) is 0.833. The Kier molecular flexibility index (Phi) is 9.44. The second-order valence-electron chi connectivity index (χ2n) is 14.5. The zero-order chi connectivity index (χ0) is 29.3. The van der Waals surface area contributed by atoms with Crippen molar-refractivity contribution in [3.8, 4) is 0 Å². The van der Waals surface area contributed by atoms with E-state index >= 15 is 0 Å². The molecule has 0 aromatic rings. The van der Waals surface area contributed by atoms with E-state index in [2.05, 4.69) is 74.0 Å². The molecule has 3 saturated carbocycles. The van der Waals surface area contributed by atoms with Crippen LogP contribution < -0.4 is 0 Å². The van der Waals surface area contributed by atoms with Gasteiger partial charge in [0.05, 0.1) is 24.2 Å².